The number of sulfonamides is 1. The molecule has 0 aliphatic carbocycles. The van der Waals surface area contributed by atoms with Gasteiger partial charge in [0.25, 0.3) is 0 Å². The van der Waals surface area contributed by atoms with Gasteiger partial charge in [0, 0.05) is 12.2 Å². The number of aliphatic hydroxyl groups is 1. The van der Waals surface area contributed by atoms with Gasteiger partial charge in [-0.3, -0.25) is 4.72 Å². The van der Waals surface area contributed by atoms with Crippen LogP contribution in [0.4, 0.5) is 18.9 Å². The van der Waals surface area contributed by atoms with Gasteiger partial charge in [-0.05, 0) is 52.5 Å². The van der Waals surface area contributed by atoms with E-state index in [1.807, 2.05) is 0 Å². The predicted molar refractivity (Wildman–Crippen MR) is 108 cm³/mol. The zero-order valence-corrected chi connectivity index (χ0v) is 17.7. The summed E-state index contributed by atoms with van der Waals surface area (Å²) in [6, 6.07) is 8.95. The highest BCUT2D eigenvalue weighted by Gasteiger charge is 2.46. The standard InChI is InChI=1S/C18H14BrClF3NO4S/c19-15-14-13(8-7-10(16(14)20)4-3-9-25)28-17(15)11-5-1-2-6-12(11)24-29(26,27)18(21,22)23/h1-2,5-8,24-25H,3-4,9H2. The first kappa shape index (κ1) is 21.9. The zero-order valence-electron chi connectivity index (χ0n) is 14.6. The number of aryl methyl sites for hydroxylation is 1. The number of rotatable bonds is 6. The van der Waals surface area contributed by atoms with Crippen molar-refractivity contribution in [3.8, 4) is 11.3 Å². The van der Waals surface area contributed by atoms with Gasteiger partial charge < -0.3 is 9.52 Å². The number of hydrogen-bond donors (Lipinski definition) is 2. The summed E-state index contributed by atoms with van der Waals surface area (Å²) >= 11 is 9.83. The van der Waals surface area contributed by atoms with Crippen molar-refractivity contribution in [3.63, 3.8) is 0 Å². The van der Waals surface area contributed by atoms with E-state index in [0.29, 0.717) is 33.3 Å². The summed E-state index contributed by atoms with van der Waals surface area (Å²) in [7, 11) is -5.61. The third-order valence-corrected chi connectivity index (χ3v) is 6.43. The second kappa shape index (κ2) is 8.17. The van der Waals surface area contributed by atoms with E-state index >= 15 is 0 Å². The Hall–Kier alpha value is -1.75. The van der Waals surface area contributed by atoms with Gasteiger partial charge in [0.2, 0.25) is 0 Å². The fourth-order valence-corrected chi connectivity index (χ4v) is 4.50. The van der Waals surface area contributed by atoms with Crippen molar-refractivity contribution >= 4 is 54.2 Å². The van der Waals surface area contributed by atoms with Crippen LogP contribution in [0.3, 0.4) is 0 Å². The van der Waals surface area contributed by atoms with Crippen LogP contribution in [0.2, 0.25) is 5.02 Å². The summed E-state index contributed by atoms with van der Waals surface area (Å²) in [6.07, 6.45) is 1.04. The monoisotopic (exact) mass is 511 g/mol. The molecule has 0 amide bonds. The van der Waals surface area contributed by atoms with Gasteiger partial charge >= 0.3 is 15.5 Å². The summed E-state index contributed by atoms with van der Waals surface area (Å²) < 4.78 is 69.1. The molecule has 0 bridgehead atoms. The van der Waals surface area contributed by atoms with Crippen molar-refractivity contribution in [3.05, 3.63) is 51.5 Å². The van der Waals surface area contributed by atoms with E-state index < -0.39 is 15.5 Å². The first-order chi connectivity index (χ1) is 13.6. The van der Waals surface area contributed by atoms with E-state index in [1.54, 1.807) is 16.9 Å². The maximum absolute atomic E-state index is 12.8. The minimum absolute atomic E-state index is 0.00109. The zero-order chi connectivity index (χ0) is 21.4. The van der Waals surface area contributed by atoms with Crippen LogP contribution in [0.1, 0.15) is 12.0 Å². The Morgan fingerprint density at radius 1 is 1.17 bits per heavy atom. The second-order valence-corrected chi connectivity index (χ2v) is 8.93. The molecule has 0 unspecified atom stereocenters. The Labute approximate surface area is 177 Å². The maximum Gasteiger partial charge on any atom is 0.516 e. The average Bonchev–Trinajstić information content (AvgIpc) is 2.97. The molecular formula is C18H14BrClF3NO4S. The van der Waals surface area contributed by atoms with Gasteiger partial charge in [-0.15, -0.1) is 0 Å². The SMILES string of the molecule is O=S(=O)(Nc1ccccc1-c1oc2ccc(CCCO)c(Cl)c2c1Br)C(F)(F)F. The summed E-state index contributed by atoms with van der Waals surface area (Å²) in [4.78, 5) is 0. The maximum atomic E-state index is 12.8. The number of halogens is 5. The lowest BCUT2D eigenvalue weighted by atomic mass is 10.1. The van der Waals surface area contributed by atoms with Crippen LogP contribution in [-0.2, 0) is 16.4 Å². The van der Waals surface area contributed by atoms with E-state index in [1.165, 1.54) is 24.3 Å². The number of hydrogen-bond acceptors (Lipinski definition) is 4. The van der Waals surface area contributed by atoms with Crippen LogP contribution in [0.5, 0.6) is 0 Å². The van der Waals surface area contributed by atoms with Crippen molar-refractivity contribution in [2.75, 3.05) is 11.3 Å². The number of nitrogens with one attached hydrogen (secondary N) is 1. The number of fused-ring (bicyclic) bond motifs is 1. The van der Waals surface area contributed by atoms with Gasteiger partial charge in [0.05, 0.1) is 20.6 Å². The number of alkyl halides is 3. The highest BCUT2D eigenvalue weighted by atomic mass is 79.9. The van der Waals surface area contributed by atoms with E-state index in [0.717, 1.165) is 5.56 Å². The minimum Gasteiger partial charge on any atom is -0.455 e. The van der Waals surface area contributed by atoms with Gasteiger partial charge in [-0.25, -0.2) is 0 Å². The smallest absolute Gasteiger partial charge is 0.455 e. The Kier molecular flexibility index (Phi) is 6.19. The van der Waals surface area contributed by atoms with Crippen molar-refractivity contribution in [1.29, 1.82) is 0 Å². The third kappa shape index (κ3) is 4.25. The van der Waals surface area contributed by atoms with Crippen molar-refractivity contribution in [2.45, 2.75) is 18.3 Å². The first-order valence-corrected chi connectivity index (χ1v) is 10.9. The molecule has 0 atom stereocenters. The Balaban J connectivity index is 2.13. The molecule has 11 heteroatoms. The molecule has 0 fully saturated rings. The number of benzene rings is 2. The lowest BCUT2D eigenvalue weighted by molar-refractivity contribution is -0.0429. The molecule has 29 heavy (non-hydrogen) atoms. The van der Waals surface area contributed by atoms with Gasteiger partial charge in [0.1, 0.15) is 5.58 Å². The number of anilines is 1. The molecule has 0 saturated carbocycles. The molecule has 1 aromatic heterocycles. The van der Waals surface area contributed by atoms with E-state index in [9.17, 15) is 21.6 Å². The highest BCUT2D eigenvalue weighted by molar-refractivity contribution is 9.10. The van der Waals surface area contributed by atoms with Crippen LogP contribution >= 0.6 is 27.5 Å². The Bertz CT molecular complexity index is 1160. The summed E-state index contributed by atoms with van der Waals surface area (Å²) in [5.74, 6) is 0.127. The first-order valence-electron chi connectivity index (χ1n) is 8.25. The largest absolute Gasteiger partial charge is 0.516 e. The molecule has 0 aliphatic rings. The third-order valence-electron chi connectivity index (χ3n) is 4.14. The molecule has 0 radical (unpaired) electrons. The van der Waals surface area contributed by atoms with E-state index in [4.69, 9.17) is 21.1 Å². The quantitative estimate of drug-likeness (QED) is 0.444. The molecule has 5 nitrogen and oxygen atoms in total. The molecule has 2 aromatic carbocycles. The highest BCUT2D eigenvalue weighted by Crippen LogP contribution is 2.44. The molecular weight excluding hydrogens is 499 g/mol. The van der Waals surface area contributed by atoms with Crippen LogP contribution in [0.15, 0.2) is 45.3 Å². The minimum atomic E-state index is -5.61. The lowest BCUT2D eigenvalue weighted by Crippen LogP contribution is -2.30. The lowest BCUT2D eigenvalue weighted by Gasteiger charge is -2.13. The van der Waals surface area contributed by atoms with Gasteiger partial charge in [-0.1, -0.05) is 29.8 Å². The van der Waals surface area contributed by atoms with Crippen LogP contribution in [0, 0.1) is 0 Å². The number of aliphatic hydroxyl groups excluding tert-OH is 1. The molecule has 0 saturated heterocycles. The van der Waals surface area contributed by atoms with Crippen LogP contribution in [0.25, 0.3) is 22.3 Å². The number of para-hydroxylation sites is 1. The molecule has 3 aromatic rings. The molecule has 2 N–H and O–H groups in total. The normalized spacial score (nSPS) is 12.5. The molecule has 0 spiro atoms. The topological polar surface area (TPSA) is 79.5 Å². The molecule has 3 rings (SSSR count). The Morgan fingerprint density at radius 2 is 1.86 bits per heavy atom. The fraction of sp³-hybridized carbons (Fsp3) is 0.222. The Morgan fingerprint density at radius 3 is 2.52 bits per heavy atom. The van der Waals surface area contributed by atoms with Crippen molar-refractivity contribution in [2.24, 2.45) is 0 Å². The average molecular weight is 513 g/mol. The van der Waals surface area contributed by atoms with Crippen molar-refractivity contribution in [1.82, 2.24) is 0 Å². The predicted octanol–water partition coefficient (Wildman–Crippen LogP) is 5.70. The van der Waals surface area contributed by atoms with Crippen molar-refractivity contribution < 1.29 is 31.1 Å². The van der Waals surface area contributed by atoms with E-state index in [2.05, 4.69) is 15.9 Å². The number of furan rings is 1. The van der Waals surface area contributed by atoms with Crippen LogP contribution < -0.4 is 4.72 Å². The van der Waals surface area contributed by atoms with E-state index in [-0.39, 0.29) is 23.6 Å². The molecule has 156 valence electrons. The fourth-order valence-electron chi connectivity index (χ4n) is 2.77. The summed E-state index contributed by atoms with van der Waals surface area (Å²) in [5, 5.41) is 9.90. The van der Waals surface area contributed by atoms with Gasteiger partial charge in [-0.2, -0.15) is 21.6 Å². The molecule has 1 heterocycles. The summed E-state index contributed by atoms with van der Waals surface area (Å²) in [6.45, 7) is -0.00109. The van der Waals surface area contributed by atoms with Gasteiger partial charge in [0.15, 0.2) is 5.76 Å². The molecule has 0 aliphatic heterocycles. The second-order valence-electron chi connectivity index (χ2n) is 6.08. The van der Waals surface area contributed by atoms with Crippen LogP contribution in [-0.4, -0.2) is 25.6 Å². The summed E-state index contributed by atoms with van der Waals surface area (Å²) in [5.41, 5.74) is -4.50.